The number of hydrogen-bond donors (Lipinski definition) is 1. The number of hydrogen-bond acceptors (Lipinski definition) is 2. The molecule has 370 valence electrons. The zero-order valence-electron chi connectivity index (χ0n) is 45.5. The smallest absolute Gasteiger partial charge is 0.0543 e. The lowest BCUT2D eigenvalue weighted by Gasteiger charge is -2.31. The Morgan fingerprint density at radius 3 is 1.51 bits per heavy atom. The summed E-state index contributed by atoms with van der Waals surface area (Å²) < 4.78 is 0. The molecule has 0 bridgehead atoms. The zero-order chi connectivity index (χ0) is 52.2. The van der Waals surface area contributed by atoms with Gasteiger partial charge < -0.3 is 10.6 Å². The molecule has 0 atom stereocenters. The molecule has 0 radical (unpaired) electrons. The van der Waals surface area contributed by atoms with Crippen LogP contribution in [0.2, 0.25) is 0 Å². The third-order valence-corrected chi connectivity index (χ3v) is 13.6. The van der Waals surface area contributed by atoms with Gasteiger partial charge in [-0.1, -0.05) is 235 Å². The molecular formula is C71H76N2. The van der Waals surface area contributed by atoms with E-state index in [1.165, 1.54) is 105 Å². The average Bonchev–Trinajstić information content (AvgIpc) is 3.41. The van der Waals surface area contributed by atoms with Crippen molar-refractivity contribution in [2.75, 3.05) is 10.6 Å². The average molecular weight is 957 g/mol. The fourth-order valence-corrected chi connectivity index (χ4v) is 9.79. The summed E-state index contributed by atoms with van der Waals surface area (Å²) in [6, 6.07) is 69.8. The Balaban J connectivity index is 0.000000221. The number of nitrogens with zero attached hydrogens (tertiary/aromatic N) is 1. The Labute approximate surface area is 437 Å². The van der Waals surface area contributed by atoms with Crippen molar-refractivity contribution in [2.45, 2.75) is 101 Å². The maximum absolute atomic E-state index is 6.77. The lowest BCUT2D eigenvalue weighted by Crippen LogP contribution is -2.13. The molecule has 0 saturated heterocycles. The van der Waals surface area contributed by atoms with E-state index in [1.54, 1.807) is 0 Å². The Morgan fingerprint density at radius 2 is 0.973 bits per heavy atom. The van der Waals surface area contributed by atoms with Gasteiger partial charge in [-0.25, -0.2) is 0 Å². The highest BCUT2D eigenvalue weighted by Gasteiger charge is 2.24. The molecule has 0 amide bonds. The van der Waals surface area contributed by atoms with Crippen molar-refractivity contribution in [2.24, 2.45) is 0 Å². The molecule has 10 aromatic rings. The van der Waals surface area contributed by atoms with Crippen LogP contribution in [0.3, 0.4) is 0 Å². The summed E-state index contributed by atoms with van der Waals surface area (Å²) in [7, 11) is 0. The quantitative estimate of drug-likeness (QED) is 0.0841. The third kappa shape index (κ3) is 12.3. The van der Waals surface area contributed by atoms with Crippen LogP contribution < -0.4 is 10.6 Å². The van der Waals surface area contributed by atoms with Gasteiger partial charge in [0.25, 0.3) is 0 Å². The molecule has 0 aliphatic heterocycles. The molecule has 0 aromatic heterocycles. The summed E-state index contributed by atoms with van der Waals surface area (Å²) in [4.78, 5) is 2.47. The van der Waals surface area contributed by atoms with E-state index < -0.39 is 0 Å². The van der Waals surface area contributed by atoms with Gasteiger partial charge in [-0.3, -0.25) is 0 Å². The second kappa shape index (κ2) is 24.6. The molecule has 73 heavy (non-hydrogen) atoms. The molecular weight excluding hydrogens is 881 g/mol. The minimum atomic E-state index is 0.349. The number of rotatable bonds is 10. The predicted octanol–water partition coefficient (Wildman–Crippen LogP) is 21.1. The molecule has 2 nitrogen and oxygen atoms in total. The van der Waals surface area contributed by atoms with E-state index in [2.05, 4.69) is 262 Å². The van der Waals surface area contributed by atoms with Crippen LogP contribution in [0.25, 0.3) is 54.6 Å². The fourth-order valence-electron chi connectivity index (χ4n) is 9.79. The zero-order valence-corrected chi connectivity index (χ0v) is 45.5. The highest BCUT2D eigenvalue weighted by molar-refractivity contribution is 6.29. The Bertz CT molecular complexity index is 3410. The molecule has 0 aliphatic carbocycles. The first-order valence-electron chi connectivity index (χ1n) is 26.4. The number of allylic oxidation sites excluding steroid dienone is 4. The van der Waals surface area contributed by atoms with E-state index in [1.807, 2.05) is 32.0 Å². The van der Waals surface area contributed by atoms with E-state index in [-0.39, 0.29) is 0 Å². The SMILES string of the molecule is CC.CC/C=C(\C=C(\C)c1ccc(C)cc1)c1ccccc1.Cc1ccc(N(c2ccc(-c3ccccc3)cc2C)c2cc(C(C)C)c3ccc4c(N)cc(C(C)C)c5ccc2c3c45)cc1.Cc1ccccc1. The summed E-state index contributed by atoms with van der Waals surface area (Å²) in [6.07, 6.45) is 5.61. The van der Waals surface area contributed by atoms with Gasteiger partial charge in [0.05, 0.1) is 5.69 Å². The van der Waals surface area contributed by atoms with Gasteiger partial charge in [0.15, 0.2) is 0 Å². The van der Waals surface area contributed by atoms with Crippen LogP contribution in [-0.4, -0.2) is 0 Å². The first kappa shape index (κ1) is 53.1. The first-order valence-corrected chi connectivity index (χ1v) is 26.4. The van der Waals surface area contributed by atoms with Gasteiger partial charge in [-0.05, 0) is 161 Å². The summed E-state index contributed by atoms with van der Waals surface area (Å²) in [6.45, 7) is 26.1. The number of nitrogen functional groups attached to an aromatic ring is 1. The van der Waals surface area contributed by atoms with E-state index >= 15 is 0 Å². The topological polar surface area (TPSA) is 29.3 Å². The van der Waals surface area contributed by atoms with Gasteiger partial charge in [0.2, 0.25) is 0 Å². The van der Waals surface area contributed by atoms with Gasteiger partial charge in [-0.15, -0.1) is 0 Å². The summed E-state index contributed by atoms with van der Waals surface area (Å²) in [5.41, 5.74) is 26.5. The fraction of sp³-hybridized carbons (Fsp3) is 0.211. The van der Waals surface area contributed by atoms with Gasteiger partial charge >= 0.3 is 0 Å². The Kier molecular flexibility index (Phi) is 17.9. The van der Waals surface area contributed by atoms with Crippen LogP contribution in [0, 0.1) is 27.7 Å². The lowest BCUT2D eigenvalue weighted by molar-refractivity contribution is 0.876. The Hall–Kier alpha value is -7.68. The minimum absolute atomic E-state index is 0.349. The van der Waals surface area contributed by atoms with Gasteiger partial charge in [0.1, 0.15) is 0 Å². The first-order chi connectivity index (χ1) is 35.3. The minimum Gasteiger partial charge on any atom is -0.398 e. The Morgan fingerprint density at radius 1 is 0.479 bits per heavy atom. The van der Waals surface area contributed by atoms with Crippen molar-refractivity contribution < 1.29 is 0 Å². The molecule has 2 N–H and O–H groups in total. The highest BCUT2D eigenvalue weighted by atomic mass is 15.1. The van der Waals surface area contributed by atoms with E-state index in [0.29, 0.717) is 11.8 Å². The molecule has 0 heterocycles. The van der Waals surface area contributed by atoms with Crippen molar-refractivity contribution in [3.05, 3.63) is 251 Å². The number of nitrogens with two attached hydrogens (primary N) is 1. The molecule has 0 fully saturated rings. The second-order valence-electron chi connectivity index (χ2n) is 19.7. The van der Waals surface area contributed by atoms with E-state index in [9.17, 15) is 0 Å². The molecule has 0 saturated carbocycles. The van der Waals surface area contributed by atoms with Crippen LogP contribution in [-0.2, 0) is 0 Å². The van der Waals surface area contributed by atoms with Crippen molar-refractivity contribution in [1.29, 1.82) is 0 Å². The second-order valence-corrected chi connectivity index (χ2v) is 19.7. The number of aryl methyl sites for hydroxylation is 4. The van der Waals surface area contributed by atoms with Crippen molar-refractivity contribution in [3.8, 4) is 11.1 Å². The highest BCUT2D eigenvalue weighted by Crippen LogP contribution is 2.49. The molecule has 2 heteroatoms. The van der Waals surface area contributed by atoms with E-state index in [4.69, 9.17) is 5.73 Å². The standard InChI is InChI=1S/C42H40N2.C20H22.C7H8.C2H6/c1-25(2)36-23-38(43)34-19-17-33-37(26(3)4)24-40(35-20-18-32(36)41(34)42(33)35)44(31-15-12-27(5)13-16-31)39-21-14-30(22-28(39)6)29-10-8-7-9-11-29;1-4-8-20(19-9-6-5-7-10-19)15-17(3)18-13-11-16(2)12-14-18;1-7-5-3-2-4-6-7;1-2/h7-26H,43H2,1-6H3;5-15H,4H2,1-3H3;2-6H,1H3;1-2H3/b;17-15-,20-8+;;. The van der Waals surface area contributed by atoms with Crippen LogP contribution >= 0.6 is 0 Å². The summed E-state index contributed by atoms with van der Waals surface area (Å²) >= 11 is 0. The van der Waals surface area contributed by atoms with Crippen molar-refractivity contribution in [3.63, 3.8) is 0 Å². The van der Waals surface area contributed by atoms with Gasteiger partial charge in [0, 0.05) is 27.8 Å². The maximum Gasteiger partial charge on any atom is 0.0543 e. The van der Waals surface area contributed by atoms with Crippen LogP contribution in [0.5, 0.6) is 0 Å². The summed E-state index contributed by atoms with van der Waals surface area (Å²) in [5, 5.41) is 7.60. The summed E-state index contributed by atoms with van der Waals surface area (Å²) in [5.74, 6) is 0.724. The van der Waals surface area contributed by atoms with Gasteiger partial charge in [-0.2, -0.15) is 0 Å². The molecule has 0 aliphatic rings. The molecule has 0 spiro atoms. The van der Waals surface area contributed by atoms with Crippen LogP contribution in [0.1, 0.15) is 118 Å². The lowest BCUT2D eigenvalue weighted by atomic mass is 9.84. The van der Waals surface area contributed by atoms with Crippen LogP contribution in [0.15, 0.2) is 206 Å². The predicted molar refractivity (Wildman–Crippen MR) is 324 cm³/mol. The van der Waals surface area contributed by atoms with Crippen molar-refractivity contribution in [1.82, 2.24) is 0 Å². The van der Waals surface area contributed by atoms with Crippen molar-refractivity contribution >= 4 is 66.2 Å². The largest absolute Gasteiger partial charge is 0.398 e. The van der Waals surface area contributed by atoms with E-state index in [0.717, 1.165) is 23.2 Å². The molecule has 10 rings (SSSR count). The number of anilines is 4. The van der Waals surface area contributed by atoms with Crippen LogP contribution in [0.4, 0.5) is 22.7 Å². The monoisotopic (exact) mass is 957 g/mol. The molecule has 10 aromatic carbocycles. The molecule has 0 unspecified atom stereocenters. The maximum atomic E-state index is 6.77. The number of benzene rings is 10. The normalized spacial score (nSPS) is 11.5. The third-order valence-electron chi connectivity index (χ3n) is 13.6.